The van der Waals surface area contributed by atoms with E-state index in [0.29, 0.717) is 10.0 Å². The molecule has 0 aliphatic rings. The second-order valence-electron chi connectivity index (χ2n) is 3.77. The first-order chi connectivity index (χ1) is 8.15. The molecule has 0 unspecified atom stereocenters. The van der Waals surface area contributed by atoms with Gasteiger partial charge in [0.05, 0.1) is 15.7 Å². The Labute approximate surface area is 111 Å². The standard InChI is InChI=1S/C14H11Cl2N/c1-10-2-4-11(5-3-10)9-17-12-6-7-13(15)14(16)8-12/h2-9H,1H3. The van der Waals surface area contributed by atoms with Gasteiger partial charge in [-0.1, -0.05) is 53.0 Å². The molecule has 2 rings (SSSR count). The lowest BCUT2D eigenvalue weighted by atomic mass is 10.2. The fourth-order valence-electron chi connectivity index (χ4n) is 1.37. The number of benzene rings is 2. The lowest BCUT2D eigenvalue weighted by Crippen LogP contribution is -1.80. The van der Waals surface area contributed by atoms with Crippen molar-refractivity contribution >= 4 is 35.1 Å². The van der Waals surface area contributed by atoms with E-state index in [1.807, 2.05) is 18.2 Å². The number of nitrogens with zero attached hydrogens (tertiary/aromatic N) is 1. The maximum atomic E-state index is 5.91. The highest BCUT2D eigenvalue weighted by atomic mass is 35.5. The monoisotopic (exact) mass is 263 g/mol. The normalized spacial score (nSPS) is 11.0. The molecule has 0 spiro atoms. The highest BCUT2D eigenvalue weighted by Crippen LogP contribution is 2.26. The van der Waals surface area contributed by atoms with Crippen LogP contribution in [0.1, 0.15) is 11.1 Å². The summed E-state index contributed by atoms with van der Waals surface area (Å²) in [6, 6.07) is 13.5. The van der Waals surface area contributed by atoms with E-state index in [9.17, 15) is 0 Å². The Morgan fingerprint density at radius 3 is 2.29 bits per heavy atom. The van der Waals surface area contributed by atoms with Crippen molar-refractivity contribution in [3.63, 3.8) is 0 Å². The lowest BCUT2D eigenvalue weighted by molar-refractivity contribution is 1.46. The van der Waals surface area contributed by atoms with Crippen molar-refractivity contribution < 1.29 is 0 Å². The minimum atomic E-state index is 0.519. The Kier molecular flexibility index (Phi) is 3.82. The number of aliphatic imine (C=N–C) groups is 1. The fourth-order valence-corrected chi connectivity index (χ4v) is 1.66. The number of aryl methyl sites for hydroxylation is 1. The molecule has 0 bridgehead atoms. The summed E-state index contributed by atoms with van der Waals surface area (Å²) in [5, 5.41) is 1.06. The van der Waals surface area contributed by atoms with Crippen LogP contribution in [0.4, 0.5) is 5.69 Å². The summed E-state index contributed by atoms with van der Waals surface area (Å²) in [5.41, 5.74) is 3.08. The zero-order chi connectivity index (χ0) is 12.3. The van der Waals surface area contributed by atoms with E-state index in [2.05, 4.69) is 24.0 Å². The highest BCUT2D eigenvalue weighted by Gasteiger charge is 1.97. The molecule has 17 heavy (non-hydrogen) atoms. The van der Waals surface area contributed by atoms with E-state index < -0.39 is 0 Å². The van der Waals surface area contributed by atoms with E-state index in [1.165, 1.54) is 5.56 Å². The lowest BCUT2D eigenvalue weighted by Gasteiger charge is -1.98. The van der Waals surface area contributed by atoms with E-state index in [0.717, 1.165) is 11.3 Å². The van der Waals surface area contributed by atoms with Crippen molar-refractivity contribution in [2.75, 3.05) is 0 Å². The smallest absolute Gasteiger partial charge is 0.0645 e. The van der Waals surface area contributed by atoms with Crippen LogP contribution in [0.25, 0.3) is 0 Å². The minimum Gasteiger partial charge on any atom is -0.256 e. The predicted octanol–water partition coefficient (Wildman–Crippen LogP) is 5.05. The van der Waals surface area contributed by atoms with Gasteiger partial charge in [0, 0.05) is 6.21 Å². The maximum Gasteiger partial charge on any atom is 0.0645 e. The Hall–Kier alpha value is -1.31. The molecule has 2 aromatic carbocycles. The molecule has 0 radical (unpaired) electrons. The van der Waals surface area contributed by atoms with Gasteiger partial charge in [-0.05, 0) is 30.7 Å². The van der Waals surface area contributed by atoms with Gasteiger partial charge in [-0.2, -0.15) is 0 Å². The Morgan fingerprint density at radius 2 is 1.65 bits per heavy atom. The van der Waals surface area contributed by atoms with Gasteiger partial charge >= 0.3 is 0 Å². The van der Waals surface area contributed by atoms with Gasteiger partial charge in [0.1, 0.15) is 0 Å². The largest absolute Gasteiger partial charge is 0.256 e. The van der Waals surface area contributed by atoms with E-state index in [-0.39, 0.29) is 0 Å². The molecule has 0 saturated heterocycles. The van der Waals surface area contributed by atoms with Gasteiger partial charge in [0.15, 0.2) is 0 Å². The highest BCUT2D eigenvalue weighted by molar-refractivity contribution is 6.42. The molecule has 0 fully saturated rings. The molecule has 0 N–H and O–H groups in total. The third-order valence-electron chi connectivity index (χ3n) is 2.34. The molecule has 2 aromatic rings. The summed E-state index contributed by atoms with van der Waals surface area (Å²) in [6.45, 7) is 2.06. The topological polar surface area (TPSA) is 12.4 Å². The number of rotatable bonds is 2. The summed E-state index contributed by atoms with van der Waals surface area (Å²) in [6.07, 6.45) is 1.80. The first-order valence-corrected chi connectivity index (χ1v) is 5.96. The van der Waals surface area contributed by atoms with Gasteiger partial charge in [0.25, 0.3) is 0 Å². The van der Waals surface area contributed by atoms with Crippen molar-refractivity contribution in [1.82, 2.24) is 0 Å². The van der Waals surface area contributed by atoms with Crippen LogP contribution >= 0.6 is 23.2 Å². The van der Waals surface area contributed by atoms with Gasteiger partial charge in [-0.25, -0.2) is 0 Å². The quantitative estimate of drug-likeness (QED) is 0.673. The van der Waals surface area contributed by atoms with Gasteiger partial charge in [0.2, 0.25) is 0 Å². The molecule has 3 heteroatoms. The molecule has 1 nitrogen and oxygen atoms in total. The van der Waals surface area contributed by atoms with Crippen LogP contribution in [0.5, 0.6) is 0 Å². The molecular formula is C14H11Cl2N. The van der Waals surface area contributed by atoms with Crippen LogP contribution in [0.2, 0.25) is 10.0 Å². The number of halogens is 2. The molecular weight excluding hydrogens is 253 g/mol. The summed E-state index contributed by atoms with van der Waals surface area (Å²) in [4.78, 5) is 4.34. The number of hydrogen-bond donors (Lipinski definition) is 0. The average Bonchev–Trinajstić information content (AvgIpc) is 2.33. The summed E-state index contributed by atoms with van der Waals surface area (Å²) in [5.74, 6) is 0. The van der Waals surface area contributed by atoms with Crippen molar-refractivity contribution in [3.05, 3.63) is 63.6 Å². The average molecular weight is 264 g/mol. The second-order valence-corrected chi connectivity index (χ2v) is 4.58. The number of hydrogen-bond acceptors (Lipinski definition) is 1. The van der Waals surface area contributed by atoms with E-state index in [1.54, 1.807) is 18.3 Å². The van der Waals surface area contributed by atoms with Crippen molar-refractivity contribution in [1.29, 1.82) is 0 Å². The molecule has 0 aliphatic carbocycles. The molecule has 0 saturated carbocycles. The maximum absolute atomic E-state index is 5.91. The molecule has 0 atom stereocenters. The first-order valence-electron chi connectivity index (χ1n) is 5.21. The van der Waals surface area contributed by atoms with Crippen LogP contribution in [-0.2, 0) is 0 Å². The van der Waals surface area contributed by atoms with E-state index in [4.69, 9.17) is 23.2 Å². The molecule has 0 amide bonds. The van der Waals surface area contributed by atoms with E-state index >= 15 is 0 Å². The van der Waals surface area contributed by atoms with Crippen LogP contribution < -0.4 is 0 Å². The molecule has 0 aliphatic heterocycles. The zero-order valence-electron chi connectivity index (χ0n) is 9.32. The first kappa shape index (κ1) is 12.2. The van der Waals surface area contributed by atoms with Gasteiger partial charge in [-0.3, -0.25) is 4.99 Å². The van der Waals surface area contributed by atoms with Crippen LogP contribution in [0.3, 0.4) is 0 Å². The molecule has 0 aromatic heterocycles. The van der Waals surface area contributed by atoms with Gasteiger partial charge < -0.3 is 0 Å². The third kappa shape index (κ3) is 3.32. The van der Waals surface area contributed by atoms with Crippen LogP contribution in [-0.4, -0.2) is 6.21 Å². The summed E-state index contributed by atoms with van der Waals surface area (Å²) in [7, 11) is 0. The van der Waals surface area contributed by atoms with Crippen LogP contribution in [0.15, 0.2) is 47.5 Å². The Bertz CT molecular complexity index is 545. The summed E-state index contributed by atoms with van der Waals surface area (Å²) < 4.78 is 0. The SMILES string of the molecule is Cc1ccc(C=Nc2ccc(Cl)c(Cl)c2)cc1. The Morgan fingerprint density at radius 1 is 0.941 bits per heavy atom. The summed E-state index contributed by atoms with van der Waals surface area (Å²) >= 11 is 11.7. The Balaban J connectivity index is 2.20. The molecule has 0 heterocycles. The van der Waals surface area contributed by atoms with Crippen LogP contribution in [0, 0.1) is 6.92 Å². The zero-order valence-corrected chi connectivity index (χ0v) is 10.8. The minimum absolute atomic E-state index is 0.519. The second kappa shape index (κ2) is 5.35. The van der Waals surface area contributed by atoms with Gasteiger partial charge in [-0.15, -0.1) is 0 Å². The fraction of sp³-hybridized carbons (Fsp3) is 0.0714. The van der Waals surface area contributed by atoms with Crippen molar-refractivity contribution in [3.8, 4) is 0 Å². The van der Waals surface area contributed by atoms with Crippen molar-refractivity contribution in [2.45, 2.75) is 6.92 Å². The molecule has 86 valence electrons. The third-order valence-corrected chi connectivity index (χ3v) is 3.08. The van der Waals surface area contributed by atoms with Crippen molar-refractivity contribution in [2.24, 2.45) is 4.99 Å². The predicted molar refractivity (Wildman–Crippen MR) is 74.9 cm³/mol.